The molecule has 0 radical (unpaired) electrons. The summed E-state index contributed by atoms with van der Waals surface area (Å²) in [5.41, 5.74) is 0.359. The fourth-order valence-electron chi connectivity index (χ4n) is 1.90. The van der Waals surface area contributed by atoms with Crippen LogP contribution in [-0.4, -0.2) is 62.3 Å². The van der Waals surface area contributed by atoms with Crippen LogP contribution >= 0.6 is 0 Å². The van der Waals surface area contributed by atoms with Crippen molar-refractivity contribution in [3.63, 3.8) is 0 Å². The predicted molar refractivity (Wildman–Crippen MR) is 70.6 cm³/mol. The van der Waals surface area contributed by atoms with E-state index >= 15 is 0 Å². The minimum atomic E-state index is -0.413. The molecule has 108 valence electrons. The number of nitrogens with one attached hydrogen (secondary N) is 1. The Morgan fingerprint density at radius 3 is 2.84 bits per heavy atom. The number of rotatable bonds is 6. The lowest BCUT2D eigenvalue weighted by Gasteiger charge is -2.34. The highest BCUT2D eigenvalue weighted by Gasteiger charge is 2.30. The van der Waals surface area contributed by atoms with E-state index in [1.54, 1.807) is 6.92 Å². The van der Waals surface area contributed by atoms with Crippen molar-refractivity contribution in [2.45, 2.75) is 19.9 Å². The molecular weight excluding hydrogens is 248 g/mol. The molecule has 19 heavy (non-hydrogen) atoms. The van der Waals surface area contributed by atoms with E-state index in [0.717, 1.165) is 0 Å². The van der Waals surface area contributed by atoms with Crippen LogP contribution in [0.25, 0.3) is 0 Å². The molecule has 0 bridgehead atoms. The van der Waals surface area contributed by atoms with Crippen LogP contribution in [0.3, 0.4) is 0 Å². The zero-order valence-electron chi connectivity index (χ0n) is 11.6. The minimum absolute atomic E-state index is 0.0844. The first-order valence-electron chi connectivity index (χ1n) is 6.54. The lowest BCUT2D eigenvalue weighted by Crippen LogP contribution is -2.54. The molecule has 1 atom stereocenters. The first-order valence-corrected chi connectivity index (χ1v) is 6.54. The summed E-state index contributed by atoms with van der Waals surface area (Å²) in [6.45, 7) is 10.0. The van der Waals surface area contributed by atoms with Crippen molar-refractivity contribution >= 4 is 11.9 Å². The number of nitrogens with zero attached hydrogens (tertiary/aromatic N) is 1. The van der Waals surface area contributed by atoms with Crippen molar-refractivity contribution in [2.75, 3.05) is 39.5 Å². The molecule has 0 aromatic rings. The molecule has 1 heterocycles. The van der Waals surface area contributed by atoms with Gasteiger partial charge in [-0.1, -0.05) is 6.58 Å². The Balaban J connectivity index is 2.59. The van der Waals surface area contributed by atoms with Gasteiger partial charge in [0.15, 0.2) is 0 Å². The van der Waals surface area contributed by atoms with Crippen LogP contribution in [0.4, 0.5) is 0 Å². The van der Waals surface area contributed by atoms with E-state index in [1.165, 1.54) is 0 Å². The van der Waals surface area contributed by atoms with Gasteiger partial charge in [-0.25, -0.2) is 4.79 Å². The summed E-state index contributed by atoms with van der Waals surface area (Å²) in [6, 6.07) is -0.375. The van der Waals surface area contributed by atoms with Gasteiger partial charge in [0, 0.05) is 25.2 Å². The summed E-state index contributed by atoms with van der Waals surface area (Å²) < 4.78 is 10.2. The summed E-state index contributed by atoms with van der Waals surface area (Å²) in [6.07, 6.45) is 0. The first kappa shape index (κ1) is 15.7. The number of hydrogen-bond acceptors (Lipinski definition) is 5. The van der Waals surface area contributed by atoms with E-state index in [2.05, 4.69) is 11.9 Å². The number of likely N-dealkylation sites (N-methyl/N-ethyl adjacent to an activating group) is 1. The smallest absolute Gasteiger partial charge is 0.334 e. The van der Waals surface area contributed by atoms with Crippen LogP contribution < -0.4 is 5.32 Å². The average Bonchev–Trinajstić information content (AvgIpc) is 2.39. The van der Waals surface area contributed by atoms with Gasteiger partial charge in [-0.15, -0.1) is 0 Å². The maximum Gasteiger partial charge on any atom is 0.334 e. The maximum atomic E-state index is 11.9. The van der Waals surface area contributed by atoms with Crippen molar-refractivity contribution in [1.29, 1.82) is 0 Å². The van der Waals surface area contributed by atoms with Gasteiger partial charge in [0.25, 0.3) is 0 Å². The van der Waals surface area contributed by atoms with Gasteiger partial charge in [0.05, 0.1) is 19.8 Å². The molecule has 1 amide bonds. The molecule has 0 saturated carbocycles. The number of esters is 1. The third-order valence-electron chi connectivity index (χ3n) is 2.85. The first-order chi connectivity index (χ1) is 9.10. The van der Waals surface area contributed by atoms with Crippen LogP contribution in [0.15, 0.2) is 12.2 Å². The van der Waals surface area contributed by atoms with E-state index in [-0.39, 0.29) is 11.9 Å². The summed E-state index contributed by atoms with van der Waals surface area (Å²) in [5.74, 6) is -0.498. The van der Waals surface area contributed by atoms with Crippen molar-refractivity contribution in [2.24, 2.45) is 0 Å². The molecule has 1 rings (SSSR count). The second-order valence-corrected chi connectivity index (χ2v) is 4.28. The molecule has 0 aliphatic carbocycles. The maximum absolute atomic E-state index is 11.9. The zero-order chi connectivity index (χ0) is 14.3. The zero-order valence-corrected chi connectivity index (χ0v) is 11.6. The van der Waals surface area contributed by atoms with E-state index in [4.69, 9.17) is 9.47 Å². The van der Waals surface area contributed by atoms with Gasteiger partial charge in [-0.05, 0) is 13.8 Å². The van der Waals surface area contributed by atoms with Gasteiger partial charge in [-0.2, -0.15) is 0 Å². The van der Waals surface area contributed by atoms with Crippen LogP contribution in [0.1, 0.15) is 13.8 Å². The van der Waals surface area contributed by atoms with Crippen LogP contribution in [0, 0.1) is 0 Å². The Hall–Kier alpha value is -1.40. The van der Waals surface area contributed by atoms with Crippen LogP contribution in [0.2, 0.25) is 0 Å². The highest BCUT2D eigenvalue weighted by Crippen LogP contribution is 2.10. The summed E-state index contributed by atoms with van der Waals surface area (Å²) in [7, 11) is 0. The third kappa shape index (κ3) is 4.65. The van der Waals surface area contributed by atoms with Crippen molar-refractivity contribution in [1.82, 2.24) is 10.2 Å². The molecule has 0 aromatic heterocycles. The Morgan fingerprint density at radius 2 is 2.21 bits per heavy atom. The molecular formula is C13H22N2O4. The van der Waals surface area contributed by atoms with Gasteiger partial charge in [0.1, 0.15) is 6.04 Å². The number of amides is 1. The molecule has 1 unspecified atom stereocenters. The summed E-state index contributed by atoms with van der Waals surface area (Å²) in [4.78, 5) is 25.3. The SMILES string of the molecule is C=C(CN1CCOCC1C(=O)NCC)C(=O)OCC. The minimum Gasteiger partial charge on any atom is -0.463 e. The van der Waals surface area contributed by atoms with E-state index in [9.17, 15) is 9.59 Å². The molecule has 1 aliphatic rings. The van der Waals surface area contributed by atoms with E-state index in [0.29, 0.717) is 45.0 Å². The van der Waals surface area contributed by atoms with Gasteiger partial charge in [-0.3, -0.25) is 9.69 Å². The summed E-state index contributed by atoms with van der Waals surface area (Å²) in [5, 5.41) is 2.77. The fourth-order valence-corrected chi connectivity index (χ4v) is 1.90. The lowest BCUT2D eigenvalue weighted by molar-refractivity contribution is -0.140. The van der Waals surface area contributed by atoms with Gasteiger partial charge in [0.2, 0.25) is 5.91 Å². The second-order valence-electron chi connectivity index (χ2n) is 4.28. The molecule has 1 aliphatic heterocycles. The number of morpholine rings is 1. The number of hydrogen-bond donors (Lipinski definition) is 1. The highest BCUT2D eigenvalue weighted by atomic mass is 16.5. The number of ether oxygens (including phenoxy) is 2. The average molecular weight is 270 g/mol. The number of carbonyl (C=O) groups excluding carboxylic acids is 2. The van der Waals surface area contributed by atoms with E-state index in [1.807, 2.05) is 11.8 Å². The normalized spacial score (nSPS) is 19.8. The van der Waals surface area contributed by atoms with E-state index < -0.39 is 5.97 Å². The predicted octanol–water partition coefficient (Wildman–Crippen LogP) is -0.0574. The molecule has 0 spiro atoms. The molecule has 1 fully saturated rings. The molecule has 1 N–H and O–H groups in total. The van der Waals surface area contributed by atoms with Crippen LogP contribution in [-0.2, 0) is 19.1 Å². The van der Waals surface area contributed by atoms with Gasteiger partial charge < -0.3 is 14.8 Å². The lowest BCUT2D eigenvalue weighted by atomic mass is 10.1. The quantitative estimate of drug-likeness (QED) is 0.541. The highest BCUT2D eigenvalue weighted by molar-refractivity contribution is 5.88. The summed E-state index contributed by atoms with van der Waals surface area (Å²) >= 11 is 0. The Bertz CT molecular complexity index is 344. The van der Waals surface area contributed by atoms with Crippen molar-refractivity contribution in [3.8, 4) is 0 Å². The van der Waals surface area contributed by atoms with Crippen LogP contribution in [0.5, 0.6) is 0 Å². The Labute approximate surface area is 113 Å². The molecule has 1 saturated heterocycles. The van der Waals surface area contributed by atoms with Gasteiger partial charge >= 0.3 is 5.97 Å². The number of carbonyl (C=O) groups is 2. The fraction of sp³-hybridized carbons (Fsp3) is 0.692. The monoisotopic (exact) mass is 270 g/mol. The standard InChI is InChI=1S/C13H22N2O4/c1-4-14-12(16)11-9-18-7-6-15(11)8-10(3)13(17)19-5-2/h11H,3-9H2,1-2H3,(H,14,16). The third-order valence-corrected chi connectivity index (χ3v) is 2.85. The largest absolute Gasteiger partial charge is 0.463 e. The molecule has 6 heteroatoms. The van der Waals surface area contributed by atoms with Crippen molar-refractivity contribution in [3.05, 3.63) is 12.2 Å². The van der Waals surface area contributed by atoms with Crippen molar-refractivity contribution < 1.29 is 19.1 Å². The molecule has 6 nitrogen and oxygen atoms in total. The Kier molecular flexibility index (Phi) is 6.52. The Morgan fingerprint density at radius 1 is 1.47 bits per heavy atom. The second kappa shape index (κ2) is 7.91. The topological polar surface area (TPSA) is 67.9 Å². The molecule has 0 aromatic carbocycles.